The Labute approximate surface area is 106 Å². The molecule has 18 heavy (non-hydrogen) atoms. The van der Waals surface area contributed by atoms with E-state index in [2.05, 4.69) is 6.04 Å². The van der Waals surface area contributed by atoms with Crippen LogP contribution in [0, 0.1) is 12.5 Å². The molecule has 0 aliphatic carbocycles. The first-order valence-corrected chi connectivity index (χ1v) is 5.44. The molecule has 2 aromatic carbocycles. The number of carbonyl (C=O) groups is 1. The van der Waals surface area contributed by atoms with Crippen LogP contribution >= 0.6 is 0 Å². The minimum Gasteiger partial charge on any atom is -0.398 e. The van der Waals surface area contributed by atoms with Crippen LogP contribution in [-0.2, 0) is 0 Å². The van der Waals surface area contributed by atoms with Crippen molar-refractivity contribution in [3.05, 3.63) is 60.2 Å². The van der Waals surface area contributed by atoms with Crippen molar-refractivity contribution in [3.63, 3.8) is 0 Å². The lowest BCUT2D eigenvalue weighted by molar-refractivity contribution is 0.100. The van der Waals surface area contributed by atoms with Crippen LogP contribution in [0.1, 0.15) is 10.4 Å². The van der Waals surface area contributed by atoms with Gasteiger partial charge in [-0.05, 0) is 24.3 Å². The van der Waals surface area contributed by atoms with Gasteiger partial charge in [-0.1, -0.05) is 36.8 Å². The van der Waals surface area contributed by atoms with E-state index in [4.69, 9.17) is 12.2 Å². The van der Waals surface area contributed by atoms with E-state index in [-0.39, 0.29) is 5.91 Å². The van der Waals surface area contributed by atoms with E-state index in [0.29, 0.717) is 16.9 Å². The maximum atomic E-state index is 12.3. The molecule has 0 heterocycles. The van der Waals surface area contributed by atoms with Gasteiger partial charge in [0.2, 0.25) is 0 Å². The Hall–Kier alpha value is -2.73. The quantitative estimate of drug-likeness (QED) is 0.494. The van der Waals surface area contributed by atoms with Crippen molar-refractivity contribution in [2.75, 3.05) is 10.6 Å². The maximum absolute atomic E-state index is 12.3. The van der Waals surface area contributed by atoms with E-state index in [0.717, 1.165) is 0 Å². The van der Waals surface area contributed by atoms with E-state index >= 15 is 0 Å². The van der Waals surface area contributed by atoms with Crippen molar-refractivity contribution in [2.24, 2.45) is 0 Å². The number of para-hydroxylation sites is 2. The molecule has 3 heteroatoms. The first-order chi connectivity index (χ1) is 8.74. The van der Waals surface area contributed by atoms with Gasteiger partial charge in [-0.3, -0.25) is 4.79 Å². The van der Waals surface area contributed by atoms with Crippen LogP contribution in [0.4, 0.5) is 11.4 Å². The zero-order chi connectivity index (χ0) is 13.0. The molecule has 0 aromatic heterocycles. The third-order valence-corrected chi connectivity index (χ3v) is 2.54. The largest absolute Gasteiger partial charge is 0.398 e. The van der Waals surface area contributed by atoms with Crippen molar-refractivity contribution in [1.82, 2.24) is 0 Å². The Balaban J connectivity index is 2.39. The molecule has 0 bridgehead atoms. The fourth-order valence-corrected chi connectivity index (χ4v) is 1.64. The fraction of sp³-hybridized carbons (Fsp3) is 0. The van der Waals surface area contributed by atoms with Crippen molar-refractivity contribution in [2.45, 2.75) is 0 Å². The van der Waals surface area contributed by atoms with Crippen LogP contribution in [-0.4, -0.2) is 5.91 Å². The molecule has 2 aromatic rings. The maximum Gasteiger partial charge on any atom is 0.272 e. The number of benzene rings is 2. The molecule has 0 spiro atoms. The number of nitrogens with zero attached hydrogens (tertiary/aromatic N) is 1. The molecule has 1 amide bonds. The standard InChI is InChI=1S/C15H12N2O/c1-2-17(12-8-4-3-5-9-12)15(18)13-10-6-7-11-14(13)16/h1,3-11H,16H2. The zero-order valence-electron chi connectivity index (χ0n) is 9.71. The second kappa shape index (κ2) is 5.07. The number of amides is 1. The topological polar surface area (TPSA) is 46.3 Å². The van der Waals surface area contributed by atoms with Gasteiger partial charge in [-0.25, -0.2) is 4.90 Å². The zero-order valence-corrected chi connectivity index (χ0v) is 9.71. The Morgan fingerprint density at radius 1 is 1.06 bits per heavy atom. The van der Waals surface area contributed by atoms with Crippen LogP contribution in [0.2, 0.25) is 0 Å². The number of carbonyl (C=O) groups excluding carboxylic acids is 1. The first-order valence-electron chi connectivity index (χ1n) is 5.44. The lowest BCUT2D eigenvalue weighted by Crippen LogP contribution is -2.26. The van der Waals surface area contributed by atoms with Crippen molar-refractivity contribution >= 4 is 17.3 Å². The molecule has 0 atom stereocenters. The summed E-state index contributed by atoms with van der Waals surface area (Å²) in [5.41, 5.74) is 7.24. The number of rotatable bonds is 2. The molecule has 0 radical (unpaired) electrons. The fourth-order valence-electron chi connectivity index (χ4n) is 1.64. The lowest BCUT2D eigenvalue weighted by Gasteiger charge is -2.16. The smallest absolute Gasteiger partial charge is 0.272 e. The number of nitrogens with two attached hydrogens (primary N) is 1. The molecule has 0 saturated carbocycles. The molecule has 0 unspecified atom stereocenters. The van der Waals surface area contributed by atoms with Crippen molar-refractivity contribution in [1.29, 1.82) is 0 Å². The van der Waals surface area contributed by atoms with Crippen molar-refractivity contribution < 1.29 is 4.79 Å². The van der Waals surface area contributed by atoms with Gasteiger partial charge >= 0.3 is 0 Å². The number of nitrogen functional groups attached to an aromatic ring is 1. The van der Waals surface area contributed by atoms with Crippen LogP contribution in [0.25, 0.3) is 0 Å². The Kier molecular flexibility index (Phi) is 3.31. The first kappa shape index (κ1) is 11.7. The Morgan fingerprint density at radius 3 is 2.28 bits per heavy atom. The molecule has 88 valence electrons. The highest BCUT2D eigenvalue weighted by Crippen LogP contribution is 2.19. The van der Waals surface area contributed by atoms with Crippen LogP contribution in [0.3, 0.4) is 0 Å². The second-order valence-electron chi connectivity index (χ2n) is 3.69. The molecule has 0 aliphatic rings. The summed E-state index contributed by atoms with van der Waals surface area (Å²) < 4.78 is 0. The molecular weight excluding hydrogens is 224 g/mol. The number of anilines is 2. The van der Waals surface area contributed by atoms with Gasteiger partial charge in [0.25, 0.3) is 5.91 Å². The number of hydrogen-bond acceptors (Lipinski definition) is 2. The minimum absolute atomic E-state index is 0.304. The summed E-state index contributed by atoms with van der Waals surface area (Å²) in [5, 5.41) is 0. The predicted molar refractivity (Wildman–Crippen MR) is 72.9 cm³/mol. The van der Waals surface area contributed by atoms with E-state index in [1.165, 1.54) is 4.90 Å². The molecular formula is C15H12N2O. The third kappa shape index (κ3) is 2.18. The molecule has 0 fully saturated rings. The van der Waals surface area contributed by atoms with E-state index in [9.17, 15) is 4.79 Å². The predicted octanol–water partition coefficient (Wildman–Crippen LogP) is 2.51. The van der Waals surface area contributed by atoms with Gasteiger partial charge in [-0.15, -0.1) is 0 Å². The average molecular weight is 236 g/mol. The van der Waals surface area contributed by atoms with Crippen LogP contribution < -0.4 is 10.6 Å². The number of hydrogen-bond donors (Lipinski definition) is 1. The highest BCUT2D eigenvalue weighted by atomic mass is 16.2. The van der Waals surface area contributed by atoms with Crippen LogP contribution in [0.5, 0.6) is 0 Å². The lowest BCUT2D eigenvalue weighted by atomic mass is 10.1. The van der Waals surface area contributed by atoms with E-state index in [1.807, 2.05) is 18.2 Å². The second-order valence-corrected chi connectivity index (χ2v) is 3.69. The summed E-state index contributed by atoms with van der Waals surface area (Å²) in [7, 11) is 0. The van der Waals surface area contributed by atoms with Crippen molar-refractivity contribution in [3.8, 4) is 12.5 Å². The van der Waals surface area contributed by atoms with Gasteiger partial charge < -0.3 is 5.73 Å². The van der Waals surface area contributed by atoms with Gasteiger partial charge in [0.1, 0.15) is 0 Å². The summed E-state index contributed by atoms with van der Waals surface area (Å²) >= 11 is 0. The number of terminal acetylenes is 1. The van der Waals surface area contributed by atoms with E-state index < -0.39 is 0 Å². The minimum atomic E-state index is -0.304. The third-order valence-electron chi connectivity index (χ3n) is 2.54. The molecule has 2 N–H and O–H groups in total. The van der Waals surface area contributed by atoms with Crippen LogP contribution in [0.15, 0.2) is 54.6 Å². The molecule has 0 saturated heterocycles. The average Bonchev–Trinajstić information content (AvgIpc) is 2.41. The monoisotopic (exact) mass is 236 g/mol. The van der Waals surface area contributed by atoms with Gasteiger partial charge in [0, 0.05) is 11.7 Å². The summed E-state index contributed by atoms with van der Waals surface area (Å²) in [5.74, 6) is -0.304. The highest BCUT2D eigenvalue weighted by Gasteiger charge is 2.17. The normalized spacial score (nSPS) is 9.50. The molecule has 3 nitrogen and oxygen atoms in total. The summed E-state index contributed by atoms with van der Waals surface area (Å²) in [6.45, 7) is 0. The Morgan fingerprint density at radius 2 is 1.67 bits per heavy atom. The van der Waals surface area contributed by atoms with Gasteiger partial charge in [0.15, 0.2) is 0 Å². The molecule has 2 rings (SSSR count). The van der Waals surface area contributed by atoms with Gasteiger partial charge in [-0.2, -0.15) is 0 Å². The summed E-state index contributed by atoms with van der Waals surface area (Å²) in [6.07, 6.45) is 5.41. The summed E-state index contributed by atoms with van der Waals surface area (Å²) in [4.78, 5) is 13.5. The van der Waals surface area contributed by atoms with E-state index in [1.54, 1.807) is 36.4 Å². The SMILES string of the molecule is C#CN(C(=O)c1ccccc1N)c1ccccc1. The Bertz CT molecular complexity index is 599. The molecule has 0 aliphatic heterocycles. The highest BCUT2D eigenvalue weighted by molar-refractivity contribution is 6.11. The van der Waals surface area contributed by atoms with Gasteiger partial charge in [0.05, 0.1) is 11.3 Å². The summed E-state index contributed by atoms with van der Waals surface area (Å²) in [6, 6.07) is 18.3.